The maximum Gasteiger partial charge on any atom is 0.341 e. The lowest BCUT2D eigenvalue weighted by molar-refractivity contribution is -0.143. The van der Waals surface area contributed by atoms with Crippen molar-refractivity contribution in [2.75, 3.05) is 18.9 Å². The third kappa shape index (κ3) is 4.83. The minimum absolute atomic E-state index is 0.0257. The van der Waals surface area contributed by atoms with Crippen LogP contribution in [0.15, 0.2) is 6.20 Å². The monoisotopic (exact) mass is 275 g/mol. The topological polar surface area (TPSA) is 140 Å². The average Bonchev–Trinajstić information content (AvgIpc) is 2.69. The Kier molecular flexibility index (Phi) is 5.70. The highest BCUT2D eigenvalue weighted by Crippen LogP contribution is 2.13. The van der Waals surface area contributed by atoms with Crippen LogP contribution in [0.5, 0.6) is 5.88 Å². The predicted octanol–water partition coefficient (Wildman–Crippen LogP) is -1.92. The van der Waals surface area contributed by atoms with Crippen LogP contribution >= 0.6 is 0 Å². The maximum atomic E-state index is 11.1. The highest BCUT2D eigenvalue weighted by Gasteiger charge is 2.15. The van der Waals surface area contributed by atoms with E-state index >= 15 is 0 Å². The molecule has 9 heteroatoms. The van der Waals surface area contributed by atoms with Gasteiger partial charge in [-0.3, -0.25) is 4.57 Å². The number of imidazole rings is 1. The summed E-state index contributed by atoms with van der Waals surface area (Å²) < 4.78 is 11.1. The van der Waals surface area contributed by atoms with E-state index in [9.17, 15) is 4.79 Å². The van der Waals surface area contributed by atoms with Gasteiger partial charge in [-0.05, 0) is 6.92 Å². The van der Waals surface area contributed by atoms with Gasteiger partial charge in [0.25, 0.3) is 0 Å². The number of nitrogens with zero attached hydrogens (tertiary/aromatic N) is 2. The molecule has 9 nitrogen and oxygen atoms in total. The van der Waals surface area contributed by atoms with Crippen LogP contribution in [0.3, 0.4) is 0 Å². The summed E-state index contributed by atoms with van der Waals surface area (Å²) in [4.78, 5) is 14.9. The largest absolute Gasteiger partial charge is 0.404 e. The van der Waals surface area contributed by atoms with E-state index in [0.29, 0.717) is 0 Å². The van der Waals surface area contributed by atoms with E-state index in [1.165, 1.54) is 17.7 Å². The molecule has 0 aliphatic heterocycles. The normalized spacial score (nSPS) is 14.1. The molecule has 1 aromatic heterocycles. The molecule has 1 heterocycles. The number of esters is 1. The lowest BCUT2D eigenvalue weighted by Gasteiger charge is -2.09. The molecular formula is C10H17N3O6. The molecule has 0 fully saturated rings. The number of ether oxygens (including phenoxy) is 2. The lowest BCUT2D eigenvalue weighted by Crippen LogP contribution is -2.22. The smallest absolute Gasteiger partial charge is 0.341 e. The van der Waals surface area contributed by atoms with Gasteiger partial charge < -0.3 is 30.5 Å². The zero-order chi connectivity index (χ0) is 14.4. The molecule has 0 bridgehead atoms. The Morgan fingerprint density at radius 1 is 1.58 bits per heavy atom. The molecule has 0 saturated heterocycles. The molecule has 2 atom stereocenters. The van der Waals surface area contributed by atoms with Crippen LogP contribution in [0, 0.1) is 0 Å². The maximum absolute atomic E-state index is 11.1. The SMILES string of the molecule is CC(O)C(=O)Oc1cn(COCC(O)CO)c(N)n1. The van der Waals surface area contributed by atoms with Crippen LogP contribution < -0.4 is 10.5 Å². The van der Waals surface area contributed by atoms with Gasteiger partial charge in [0.1, 0.15) is 18.9 Å². The quantitative estimate of drug-likeness (QED) is 0.422. The van der Waals surface area contributed by atoms with Crippen LogP contribution in [0.1, 0.15) is 6.92 Å². The van der Waals surface area contributed by atoms with Crippen molar-refractivity contribution < 1.29 is 29.6 Å². The second kappa shape index (κ2) is 7.04. The minimum atomic E-state index is -1.26. The number of rotatable bonds is 7. The van der Waals surface area contributed by atoms with E-state index in [2.05, 4.69) is 4.98 Å². The highest BCUT2D eigenvalue weighted by molar-refractivity contribution is 5.76. The summed E-state index contributed by atoms with van der Waals surface area (Å²) in [6.45, 7) is 0.762. The number of nitrogen functional groups attached to an aromatic ring is 1. The number of hydrogen-bond acceptors (Lipinski definition) is 8. The molecule has 0 radical (unpaired) electrons. The van der Waals surface area contributed by atoms with Gasteiger partial charge in [-0.1, -0.05) is 0 Å². The van der Waals surface area contributed by atoms with E-state index < -0.39 is 24.8 Å². The number of carbonyl (C=O) groups is 1. The van der Waals surface area contributed by atoms with Gasteiger partial charge in [0.2, 0.25) is 11.8 Å². The molecule has 19 heavy (non-hydrogen) atoms. The number of nitrogens with two attached hydrogens (primary N) is 1. The molecule has 0 saturated carbocycles. The van der Waals surface area contributed by atoms with Crippen molar-refractivity contribution in [1.82, 2.24) is 9.55 Å². The van der Waals surface area contributed by atoms with Gasteiger partial charge >= 0.3 is 5.97 Å². The molecule has 1 rings (SSSR count). The van der Waals surface area contributed by atoms with E-state index in [1.54, 1.807) is 0 Å². The van der Waals surface area contributed by atoms with Crippen molar-refractivity contribution in [1.29, 1.82) is 0 Å². The Morgan fingerprint density at radius 3 is 2.84 bits per heavy atom. The fourth-order valence-corrected chi connectivity index (χ4v) is 1.09. The van der Waals surface area contributed by atoms with Gasteiger partial charge in [0, 0.05) is 0 Å². The van der Waals surface area contributed by atoms with Crippen molar-refractivity contribution in [2.24, 2.45) is 0 Å². The number of aromatic nitrogens is 2. The molecular weight excluding hydrogens is 258 g/mol. The molecule has 0 spiro atoms. The van der Waals surface area contributed by atoms with E-state index in [-0.39, 0.29) is 25.2 Å². The molecule has 108 valence electrons. The Morgan fingerprint density at radius 2 is 2.26 bits per heavy atom. The highest BCUT2D eigenvalue weighted by atomic mass is 16.6. The summed E-state index contributed by atoms with van der Waals surface area (Å²) >= 11 is 0. The summed E-state index contributed by atoms with van der Waals surface area (Å²) in [5.41, 5.74) is 5.55. The molecule has 0 aliphatic carbocycles. The Hall–Kier alpha value is -1.68. The van der Waals surface area contributed by atoms with Crippen LogP contribution in [0.25, 0.3) is 0 Å². The van der Waals surface area contributed by atoms with Crippen molar-refractivity contribution in [2.45, 2.75) is 25.9 Å². The zero-order valence-electron chi connectivity index (χ0n) is 10.4. The number of carbonyl (C=O) groups excluding carboxylic acids is 1. The van der Waals surface area contributed by atoms with Crippen LogP contribution in [-0.2, 0) is 16.3 Å². The molecule has 0 aromatic carbocycles. The Labute approximate surface area is 109 Å². The van der Waals surface area contributed by atoms with Gasteiger partial charge in [-0.15, -0.1) is 0 Å². The van der Waals surface area contributed by atoms with E-state index in [4.69, 9.17) is 30.5 Å². The lowest BCUT2D eigenvalue weighted by atomic mass is 10.4. The first-order chi connectivity index (χ1) is 8.93. The second-order valence-corrected chi connectivity index (χ2v) is 3.84. The van der Waals surface area contributed by atoms with Crippen molar-refractivity contribution in [3.8, 4) is 5.88 Å². The van der Waals surface area contributed by atoms with Crippen molar-refractivity contribution in [3.05, 3.63) is 6.20 Å². The molecule has 0 amide bonds. The van der Waals surface area contributed by atoms with Crippen molar-refractivity contribution in [3.63, 3.8) is 0 Å². The van der Waals surface area contributed by atoms with Crippen LogP contribution in [0.2, 0.25) is 0 Å². The fraction of sp³-hybridized carbons (Fsp3) is 0.600. The molecule has 2 unspecified atom stereocenters. The van der Waals surface area contributed by atoms with Crippen molar-refractivity contribution >= 4 is 11.9 Å². The molecule has 0 aliphatic rings. The van der Waals surface area contributed by atoms with Gasteiger partial charge in [0.15, 0.2) is 0 Å². The summed E-state index contributed by atoms with van der Waals surface area (Å²) in [6.07, 6.45) is -0.916. The standard InChI is InChI=1S/C10H17N3O6/c1-6(15)9(17)19-8-2-13(10(11)12-8)5-18-4-7(16)3-14/h2,6-7,14-16H,3-5H2,1H3,(H2,11,12). The van der Waals surface area contributed by atoms with E-state index in [0.717, 1.165) is 0 Å². The minimum Gasteiger partial charge on any atom is -0.404 e. The third-order valence-corrected chi connectivity index (χ3v) is 2.08. The molecule has 1 aromatic rings. The Bertz CT molecular complexity index is 419. The van der Waals surface area contributed by atoms with Crippen LogP contribution in [0.4, 0.5) is 5.95 Å². The van der Waals surface area contributed by atoms with Gasteiger partial charge in [-0.2, -0.15) is 4.98 Å². The van der Waals surface area contributed by atoms with Gasteiger partial charge in [0.05, 0.1) is 19.4 Å². The van der Waals surface area contributed by atoms with Gasteiger partial charge in [-0.25, -0.2) is 4.79 Å². The third-order valence-electron chi connectivity index (χ3n) is 2.08. The van der Waals surface area contributed by atoms with Crippen LogP contribution in [-0.4, -0.2) is 56.3 Å². The fourth-order valence-electron chi connectivity index (χ4n) is 1.09. The number of aliphatic hydroxyl groups excluding tert-OH is 3. The molecule has 5 N–H and O–H groups in total. The summed E-state index contributed by atoms with van der Waals surface area (Å²) in [5.74, 6) is -0.858. The summed E-state index contributed by atoms with van der Waals surface area (Å²) in [5, 5.41) is 26.6. The predicted molar refractivity (Wildman–Crippen MR) is 63.0 cm³/mol. The Balaban J connectivity index is 2.52. The summed E-state index contributed by atoms with van der Waals surface area (Å²) in [7, 11) is 0. The zero-order valence-corrected chi connectivity index (χ0v) is 10.4. The first-order valence-electron chi connectivity index (χ1n) is 5.53. The first-order valence-corrected chi connectivity index (χ1v) is 5.53. The average molecular weight is 275 g/mol. The number of aliphatic hydroxyl groups is 3. The summed E-state index contributed by atoms with van der Waals surface area (Å²) in [6, 6.07) is 0. The first kappa shape index (κ1) is 15.4. The number of hydrogen-bond donors (Lipinski definition) is 4. The van der Waals surface area contributed by atoms with E-state index in [1.807, 2.05) is 0 Å². The second-order valence-electron chi connectivity index (χ2n) is 3.84. The number of anilines is 1.